The summed E-state index contributed by atoms with van der Waals surface area (Å²) in [4.78, 5) is 27.1. The summed E-state index contributed by atoms with van der Waals surface area (Å²) in [7, 11) is 0. The maximum atomic E-state index is 13.0. The smallest absolute Gasteiger partial charge is 0.255 e. The summed E-state index contributed by atoms with van der Waals surface area (Å²) in [6.45, 7) is 5.26. The van der Waals surface area contributed by atoms with Crippen LogP contribution in [0.5, 0.6) is 5.75 Å². The average molecular weight is 463 g/mol. The van der Waals surface area contributed by atoms with Gasteiger partial charge in [0.1, 0.15) is 17.9 Å². The summed E-state index contributed by atoms with van der Waals surface area (Å²) in [6, 6.07) is 8.02. The molecular formula is C27H34N4O3. The van der Waals surface area contributed by atoms with Gasteiger partial charge in [-0.3, -0.25) is 9.59 Å². The minimum absolute atomic E-state index is 0.0826. The highest BCUT2D eigenvalue weighted by atomic mass is 16.5. The number of nitrogens with one attached hydrogen (secondary N) is 2. The summed E-state index contributed by atoms with van der Waals surface area (Å²) < 4.78 is 6.41. The van der Waals surface area contributed by atoms with E-state index in [2.05, 4.69) is 23.3 Å². The molecule has 2 aliphatic heterocycles. The molecule has 1 aromatic rings. The highest BCUT2D eigenvalue weighted by Crippen LogP contribution is 2.33. The SMILES string of the molecule is C=C1CCC(N2Cc3cc(O[C@H]4CCC[C@@H]4NCC4CCC(C#N)CC4)ccc3C2=O)C(=O)N1. The number of benzene rings is 1. The summed E-state index contributed by atoms with van der Waals surface area (Å²) in [5.41, 5.74) is 2.31. The van der Waals surface area contributed by atoms with Crippen molar-refractivity contribution >= 4 is 11.8 Å². The monoisotopic (exact) mass is 462 g/mol. The van der Waals surface area contributed by atoms with E-state index < -0.39 is 6.04 Å². The van der Waals surface area contributed by atoms with Gasteiger partial charge < -0.3 is 20.3 Å². The lowest BCUT2D eigenvalue weighted by Gasteiger charge is -2.30. The fourth-order valence-electron chi connectivity index (χ4n) is 5.99. The van der Waals surface area contributed by atoms with Crippen LogP contribution >= 0.6 is 0 Å². The zero-order valence-corrected chi connectivity index (χ0v) is 19.7. The maximum absolute atomic E-state index is 13.0. The zero-order chi connectivity index (χ0) is 23.7. The van der Waals surface area contributed by atoms with Gasteiger partial charge in [0.25, 0.3) is 5.91 Å². The Morgan fingerprint density at radius 3 is 2.74 bits per heavy atom. The summed E-state index contributed by atoms with van der Waals surface area (Å²) in [5, 5.41) is 15.6. The van der Waals surface area contributed by atoms with Crippen LogP contribution in [-0.4, -0.2) is 41.4 Å². The molecule has 2 aliphatic carbocycles. The summed E-state index contributed by atoms with van der Waals surface area (Å²) >= 11 is 0. The number of allylic oxidation sites excluding steroid dienone is 1. The van der Waals surface area contributed by atoms with Crippen LogP contribution in [0.15, 0.2) is 30.5 Å². The van der Waals surface area contributed by atoms with E-state index in [9.17, 15) is 9.59 Å². The van der Waals surface area contributed by atoms with Crippen LogP contribution in [0.1, 0.15) is 73.7 Å². The fourth-order valence-corrected chi connectivity index (χ4v) is 5.99. The number of carbonyl (C=O) groups is 2. The summed E-state index contributed by atoms with van der Waals surface area (Å²) in [6.07, 6.45) is 9.01. The molecule has 1 saturated heterocycles. The van der Waals surface area contributed by atoms with Gasteiger partial charge in [0.2, 0.25) is 5.91 Å². The first-order chi connectivity index (χ1) is 16.5. The number of piperidine rings is 1. The first-order valence-corrected chi connectivity index (χ1v) is 12.7. The van der Waals surface area contributed by atoms with Crippen LogP contribution < -0.4 is 15.4 Å². The molecule has 3 fully saturated rings. The summed E-state index contributed by atoms with van der Waals surface area (Å²) in [5.74, 6) is 1.46. The van der Waals surface area contributed by atoms with Crippen LogP contribution in [-0.2, 0) is 11.3 Å². The molecule has 1 aromatic carbocycles. The van der Waals surface area contributed by atoms with Crippen molar-refractivity contribution in [1.29, 1.82) is 5.26 Å². The van der Waals surface area contributed by atoms with Crippen LogP contribution in [0, 0.1) is 23.2 Å². The first-order valence-electron chi connectivity index (χ1n) is 12.7. The Balaban J connectivity index is 1.18. The van der Waals surface area contributed by atoms with E-state index in [-0.39, 0.29) is 23.8 Å². The third-order valence-corrected chi connectivity index (χ3v) is 8.05. The van der Waals surface area contributed by atoms with Gasteiger partial charge in [-0.25, -0.2) is 0 Å². The zero-order valence-electron chi connectivity index (χ0n) is 19.7. The Bertz CT molecular complexity index is 1010. The number of hydrogen-bond acceptors (Lipinski definition) is 5. The molecule has 5 rings (SSSR count). The second kappa shape index (κ2) is 9.79. The molecule has 0 radical (unpaired) electrons. The third-order valence-electron chi connectivity index (χ3n) is 8.05. The number of amides is 2. The van der Waals surface area contributed by atoms with Crippen molar-refractivity contribution in [2.45, 2.75) is 82.5 Å². The van der Waals surface area contributed by atoms with E-state index in [0.717, 1.165) is 68.5 Å². The highest BCUT2D eigenvalue weighted by Gasteiger charge is 2.38. The van der Waals surface area contributed by atoms with E-state index in [1.54, 1.807) is 4.90 Å². The van der Waals surface area contributed by atoms with E-state index in [1.807, 2.05) is 18.2 Å². The quantitative estimate of drug-likeness (QED) is 0.673. The number of nitriles is 1. The predicted octanol–water partition coefficient (Wildman–Crippen LogP) is 3.65. The topological polar surface area (TPSA) is 94.5 Å². The van der Waals surface area contributed by atoms with Crippen LogP contribution in [0.2, 0.25) is 0 Å². The molecule has 4 aliphatic rings. The van der Waals surface area contributed by atoms with Crippen LogP contribution in [0.4, 0.5) is 0 Å². The molecule has 7 nitrogen and oxygen atoms in total. The molecule has 1 unspecified atom stereocenters. The second-order valence-corrected chi connectivity index (χ2v) is 10.3. The Morgan fingerprint density at radius 1 is 1.15 bits per heavy atom. The minimum Gasteiger partial charge on any atom is -0.489 e. The van der Waals surface area contributed by atoms with Gasteiger partial charge in [0.05, 0.1) is 6.07 Å². The molecule has 2 amide bonds. The van der Waals surface area contributed by atoms with Crippen molar-refractivity contribution in [3.8, 4) is 11.8 Å². The van der Waals surface area contributed by atoms with Gasteiger partial charge in [-0.1, -0.05) is 6.58 Å². The number of rotatable bonds is 6. The van der Waals surface area contributed by atoms with Gasteiger partial charge in [-0.05, 0) is 94.0 Å². The average Bonchev–Trinajstić information content (AvgIpc) is 3.41. The minimum atomic E-state index is -0.443. The molecule has 2 heterocycles. The number of carbonyl (C=O) groups excluding carboxylic acids is 2. The molecule has 0 aromatic heterocycles. The molecule has 2 saturated carbocycles. The number of nitrogens with zero attached hydrogens (tertiary/aromatic N) is 2. The van der Waals surface area contributed by atoms with Crippen molar-refractivity contribution in [3.05, 3.63) is 41.6 Å². The van der Waals surface area contributed by atoms with E-state index in [4.69, 9.17) is 10.00 Å². The highest BCUT2D eigenvalue weighted by molar-refractivity contribution is 6.01. The Hall–Kier alpha value is -2.85. The van der Waals surface area contributed by atoms with Gasteiger partial charge >= 0.3 is 0 Å². The van der Waals surface area contributed by atoms with Crippen molar-refractivity contribution in [1.82, 2.24) is 15.5 Å². The fraction of sp³-hybridized carbons (Fsp3) is 0.593. The number of hydrogen-bond donors (Lipinski definition) is 2. The van der Waals surface area contributed by atoms with E-state index in [0.29, 0.717) is 36.9 Å². The second-order valence-electron chi connectivity index (χ2n) is 10.3. The molecule has 7 heteroatoms. The van der Waals surface area contributed by atoms with Crippen LogP contribution in [0.25, 0.3) is 0 Å². The number of fused-ring (bicyclic) bond motifs is 1. The number of ether oxygens (including phenoxy) is 1. The Morgan fingerprint density at radius 2 is 1.97 bits per heavy atom. The first kappa shape index (κ1) is 22.9. The van der Waals surface area contributed by atoms with Crippen molar-refractivity contribution in [2.75, 3.05) is 6.54 Å². The van der Waals surface area contributed by atoms with Gasteiger partial charge in [-0.15, -0.1) is 0 Å². The van der Waals surface area contributed by atoms with Gasteiger partial charge in [0.15, 0.2) is 0 Å². The molecule has 3 atom stereocenters. The lowest BCUT2D eigenvalue weighted by Crippen LogP contribution is -2.49. The van der Waals surface area contributed by atoms with Gasteiger partial charge in [0, 0.05) is 29.8 Å². The Kier molecular flexibility index (Phi) is 6.60. The molecular weight excluding hydrogens is 428 g/mol. The lowest BCUT2D eigenvalue weighted by molar-refractivity contribution is -0.126. The largest absolute Gasteiger partial charge is 0.489 e. The predicted molar refractivity (Wildman–Crippen MR) is 128 cm³/mol. The molecule has 34 heavy (non-hydrogen) atoms. The molecule has 0 bridgehead atoms. The lowest BCUT2D eigenvalue weighted by atomic mass is 9.82. The molecule has 180 valence electrons. The van der Waals surface area contributed by atoms with Gasteiger partial charge in [-0.2, -0.15) is 5.26 Å². The molecule has 2 N–H and O–H groups in total. The third kappa shape index (κ3) is 4.69. The van der Waals surface area contributed by atoms with Crippen LogP contribution in [0.3, 0.4) is 0 Å². The van der Waals surface area contributed by atoms with E-state index in [1.165, 1.54) is 0 Å². The standard InChI is InChI=1S/C27H34N4O3/c1-17-5-12-24(26(32)30-17)31-16-20-13-21(10-11-22(20)27(31)33)34-25-4-2-3-23(25)29-15-19-8-6-18(14-28)7-9-19/h10-11,13,18-19,23-25,29H,1-9,12,15-16H2,(H,30,32)/t18?,19?,23-,24?,25-/m0/s1. The van der Waals surface area contributed by atoms with E-state index >= 15 is 0 Å². The van der Waals surface area contributed by atoms with Crippen molar-refractivity contribution < 1.29 is 14.3 Å². The van der Waals surface area contributed by atoms with Crippen molar-refractivity contribution in [3.63, 3.8) is 0 Å². The normalized spacial score (nSPS) is 31.2. The maximum Gasteiger partial charge on any atom is 0.255 e. The Labute approximate surface area is 201 Å². The molecule has 0 spiro atoms. The van der Waals surface area contributed by atoms with Crippen molar-refractivity contribution in [2.24, 2.45) is 11.8 Å².